The fourth-order valence-electron chi connectivity index (χ4n) is 3.49. The van der Waals surface area contributed by atoms with E-state index in [4.69, 9.17) is 10.1 Å². The summed E-state index contributed by atoms with van der Waals surface area (Å²) < 4.78 is 38.2. The van der Waals surface area contributed by atoms with Crippen molar-refractivity contribution in [3.8, 4) is 6.07 Å². The van der Waals surface area contributed by atoms with Gasteiger partial charge in [0.05, 0.1) is 11.9 Å². The Balaban J connectivity index is 0.000000596. The van der Waals surface area contributed by atoms with E-state index in [-0.39, 0.29) is 17.3 Å². The highest BCUT2D eigenvalue weighted by Crippen LogP contribution is 2.42. The molecule has 27 heavy (non-hydrogen) atoms. The molecular formula is C20H26F3N3O. The lowest BCUT2D eigenvalue weighted by atomic mass is 9.74. The van der Waals surface area contributed by atoms with Crippen LogP contribution in [-0.4, -0.2) is 37.3 Å². The molecular weight excluding hydrogens is 355 g/mol. The van der Waals surface area contributed by atoms with Crippen molar-refractivity contribution in [2.75, 3.05) is 31.1 Å². The van der Waals surface area contributed by atoms with E-state index in [1.54, 1.807) is 6.07 Å². The van der Waals surface area contributed by atoms with Crippen LogP contribution in [0.15, 0.2) is 24.5 Å². The summed E-state index contributed by atoms with van der Waals surface area (Å²) in [7, 11) is 0. The zero-order valence-electron chi connectivity index (χ0n) is 16.1. The third-order valence-corrected chi connectivity index (χ3v) is 4.60. The molecule has 3 rings (SSSR count). The number of hydrogen-bond acceptors (Lipinski definition) is 4. The fourth-order valence-corrected chi connectivity index (χ4v) is 3.49. The first-order valence-electron chi connectivity index (χ1n) is 9.06. The molecule has 7 heteroatoms. The van der Waals surface area contributed by atoms with Crippen LogP contribution in [0.2, 0.25) is 0 Å². The Bertz CT molecular complexity index is 691. The summed E-state index contributed by atoms with van der Waals surface area (Å²) in [6.07, 6.45) is 2.37. The quantitative estimate of drug-likeness (QED) is 0.749. The smallest absolute Gasteiger partial charge is 0.146 e. The van der Waals surface area contributed by atoms with E-state index < -0.39 is 17.2 Å². The van der Waals surface area contributed by atoms with E-state index in [2.05, 4.69) is 20.4 Å². The first-order chi connectivity index (χ1) is 12.7. The number of nitriles is 1. The van der Waals surface area contributed by atoms with Gasteiger partial charge in [-0.2, -0.15) is 10.3 Å². The summed E-state index contributed by atoms with van der Waals surface area (Å²) >= 11 is 0. The minimum atomic E-state index is -0.796. The number of hydrogen-bond donors (Lipinski definition) is 0. The van der Waals surface area contributed by atoms with Gasteiger partial charge in [0.15, 0.2) is 0 Å². The van der Waals surface area contributed by atoms with Gasteiger partial charge in [0, 0.05) is 37.3 Å². The van der Waals surface area contributed by atoms with Gasteiger partial charge >= 0.3 is 0 Å². The van der Waals surface area contributed by atoms with Crippen molar-refractivity contribution in [3.05, 3.63) is 41.7 Å². The van der Waals surface area contributed by atoms with Gasteiger partial charge in [0.2, 0.25) is 0 Å². The number of rotatable bonds is 5. The Kier molecular flexibility index (Phi) is 6.90. The van der Waals surface area contributed by atoms with Crippen molar-refractivity contribution in [1.82, 2.24) is 5.06 Å². The second-order valence-electron chi connectivity index (χ2n) is 7.43. The van der Waals surface area contributed by atoms with E-state index in [1.165, 1.54) is 19.1 Å². The van der Waals surface area contributed by atoms with Crippen molar-refractivity contribution in [2.24, 2.45) is 5.41 Å². The monoisotopic (exact) mass is 381 g/mol. The lowest BCUT2D eigenvalue weighted by molar-refractivity contribution is -0.277. The number of halogens is 3. The summed E-state index contributed by atoms with van der Waals surface area (Å²) in [5.74, 6) is -1.93. The van der Waals surface area contributed by atoms with Crippen LogP contribution >= 0.6 is 0 Å². The predicted octanol–water partition coefficient (Wildman–Crippen LogP) is 4.57. The molecule has 2 saturated heterocycles. The summed E-state index contributed by atoms with van der Waals surface area (Å²) in [4.78, 5) is 7.77. The summed E-state index contributed by atoms with van der Waals surface area (Å²) in [5.41, 5.74) is 0.160. The van der Waals surface area contributed by atoms with Gasteiger partial charge in [-0.1, -0.05) is 19.9 Å². The molecule has 2 fully saturated rings. The Morgan fingerprint density at radius 3 is 2.26 bits per heavy atom. The SMILES string of the molecule is C=C(C)F.CCCC(C)ON1CC2(C1)CN(c1cc(F)c(C#N)c(F)c1)C2. The Morgan fingerprint density at radius 1 is 1.30 bits per heavy atom. The number of anilines is 1. The van der Waals surface area contributed by atoms with Crippen molar-refractivity contribution < 1.29 is 18.0 Å². The average Bonchev–Trinajstić information content (AvgIpc) is 2.47. The first-order valence-corrected chi connectivity index (χ1v) is 9.06. The molecule has 0 aromatic heterocycles. The summed E-state index contributed by atoms with van der Waals surface area (Å²) in [6.45, 7) is 11.7. The summed E-state index contributed by atoms with van der Waals surface area (Å²) in [6, 6.07) is 4.03. The number of benzene rings is 1. The van der Waals surface area contributed by atoms with Crippen LogP contribution in [0.5, 0.6) is 0 Å². The molecule has 1 aromatic rings. The Labute approximate surface area is 158 Å². The van der Waals surface area contributed by atoms with E-state index >= 15 is 0 Å². The average molecular weight is 381 g/mol. The highest BCUT2D eigenvalue weighted by Gasteiger charge is 2.52. The minimum absolute atomic E-state index is 0.173. The van der Waals surface area contributed by atoms with Crippen LogP contribution in [0.4, 0.5) is 18.9 Å². The summed E-state index contributed by atoms with van der Waals surface area (Å²) in [5, 5.41) is 10.7. The van der Waals surface area contributed by atoms with Crippen LogP contribution in [0.3, 0.4) is 0 Å². The van der Waals surface area contributed by atoms with Gasteiger partial charge in [0.25, 0.3) is 0 Å². The largest absolute Gasteiger partial charge is 0.370 e. The van der Waals surface area contributed by atoms with E-state index in [0.717, 1.165) is 39.0 Å². The molecule has 0 radical (unpaired) electrons. The highest BCUT2D eigenvalue weighted by atomic mass is 19.1. The van der Waals surface area contributed by atoms with Gasteiger partial charge in [-0.3, -0.25) is 4.84 Å². The maximum atomic E-state index is 13.7. The Hall–Kier alpha value is -2.04. The van der Waals surface area contributed by atoms with Crippen LogP contribution in [0.25, 0.3) is 0 Å². The molecule has 0 N–H and O–H groups in total. The van der Waals surface area contributed by atoms with Crippen molar-refractivity contribution in [3.63, 3.8) is 0 Å². The molecule has 2 aliphatic heterocycles. The van der Waals surface area contributed by atoms with Gasteiger partial charge in [-0.05, 0) is 32.4 Å². The van der Waals surface area contributed by atoms with E-state index in [1.807, 2.05) is 9.96 Å². The number of hydroxylamine groups is 2. The number of nitrogens with zero attached hydrogens (tertiary/aromatic N) is 3. The van der Waals surface area contributed by atoms with Gasteiger partial charge < -0.3 is 4.90 Å². The zero-order valence-corrected chi connectivity index (χ0v) is 16.1. The van der Waals surface area contributed by atoms with Crippen LogP contribution in [0.1, 0.15) is 39.2 Å². The second-order valence-corrected chi connectivity index (χ2v) is 7.43. The molecule has 1 unspecified atom stereocenters. The standard InChI is InChI=1S/C17H21F2N3O.C3H5F/c1-3-4-12(2)23-22-10-17(11-22)8-21(9-17)13-5-15(18)14(7-20)16(19)6-13;1-3(2)4/h5-6,12H,3-4,8-11H2,1-2H3;1H2,2H3. The molecule has 0 saturated carbocycles. The van der Waals surface area contributed by atoms with Crippen molar-refractivity contribution in [2.45, 2.75) is 39.7 Å². The molecule has 0 amide bonds. The number of allylic oxidation sites excluding steroid dienone is 1. The van der Waals surface area contributed by atoms with E-state index in [0.29, 0.717) is 5.69 Å². The lowest BCUT2D eigenvalue weighted by Gasteiger charge is -2.60. The van der Waals surface area contributed by atoms with Gasteiger partial charge in [-0.15, -0.1) is 0 Å². The third-order valence-electron chi connectivity index (χ3n) is 4.60. The lowest BCUT2D eigenvalue weighted by Crippen LogP contribution is -2.72. The Morgan fingerprint density at radius 2 is 1.81 bits per heavy atom. The molecule has 1 atom stereocenters. The van der Waals surface area contributed by atoms with Gasteiger partial charge in [-0.25, -0.2) is 13.2 Å². The maximum Gasteiger partial charge on any atom is 0.146 e. The topological polar surface area (TPSA) is 39.5 Å². The fraction of sp³-hybridized carbons (Fsp3) is 0.550. The zero-order chi connectivity index (χ0) is 20.2. The maximum absolute atomic E-state index is 13.7. The highest BCUT2D eigenvalue weighted by molar-refractivity contribution is 5.54. The van der Waals surface area contributed by atoms with Gasteiger partial charge in [0.1, 0.15) is 23.3 Å². The predicted molar refractivity (Wildman–Crippen MR) is 98.7 cm³/mol. The molecule has 2 heterocycles. The second kappa shape index (κ2) is 8.77. The minimum Gasteiger partial charge on any atom is -0.370 e. The van der Waals surface area contributed by atoms with Crippen LogP contribution < -0.4 is 4.90 Å². The molecule has 148 valence electrons. The van der Waals surface area contributed by atoms with Crippen LogP contribution in [-0.2, 0) is 4.84 Å². The third kappa shape index (κ3) is 5.24. The molecule has 2 aliphatic rings. The van der Waals surface area contributed by atoms with Crippen LogP contribution in [0, 0.1) is 28.4 Å². The van der Waals surface area contributed by atoms with E-state index in [9.17, 15) is 13.2 Å². The van der Waals surface area contributed by atoms with Crippen molar-refractivity contribution in [1.29, 1.82) is 5.26 Å². The molecule has 0 aliphatic carbocycles. The molecule has 0 bridgehead atoms. The molecule has 1 spiro atoms. The first kappa shape index (κ1) is 21.3. The molecule has 4 nitrogen and oxygen atoms in total. The normalized spacial score (nSPS) is 18.6. The molecule has 1 aromatic carbocycles. The van der Waals surface area contributed by atoms with Crippen molar-refractivity contribution >= 4 is 5.69 Å².